The van der Waals surface area contributed by atoms with Crippen LogP contribution < -0.4 is 4.74 Å². The molecule has 1 heterocycles. The van der Waals surface area contributed by atoms with Crippen LogP contribution in [-0.4, -0.2) is 0 Å². The van der Waals surface area contributed by atoms with E-state index in [2.05, 4.69) is 182 Å². The molecular formula is C50H34O. The van der Waals surface area contributed by atoms with Crippen molar-refractivity contribution in [1.82, 2.24) is 0 Å². The number of para-hydroxylation sites is 1. The molecule has 1 aliphatic heterocycles. The van der Waals surface area contributed by atoms with E-state index < -0.39 is 5.41 Å². The van der Waals surface area contributed by atoms with Crippen LogP contribution in [0.3, 0.4) is 0 Å². The van der Waals surface area contributed by atoms with Crippen LogP contribution in [0.4, 0.5) is 0 Å². The Balaban J connectivity index is 1.15. The fourth-order valence-corrected chi connectivity index (χ4v) is 9.91. The van der Waals surface area contributed by atoms with Crippen molar-refractivity contribution in [2.75, 3.05) is 0 Å². The molecule has 7 aromatic carbocycles. The average Bonchev–Trinajstić information content (AvgIpc) is 3.67. The molecule has 0 N–H and O–H groups in total. The molecule has 4 aliphatic rings. The third-order valence-corrected chi connectivity index (χ3v) is 11.9. The first-order valence-electron chi connectivity index (χ1n) is 18.1. The van der Waals surface area contributed by atoms with E-state index in [4.69, 9.17) is 4.74 Å². The summed E-state index contributed by atoms with van der Waals surface area (Å²) in [5, 5.41) is 0. The van der Waals surface area contributed by atoms with E-state index in [0.29, 0.717) is 0 Å². The van der Waals surface area contributed by atoms with E-state index in [0.717, 1.165) is 35.5 Å². The maximum absolute atomic E-state index is 6.72. The summed E-state index contributed by atoms with van der Waals surface area (Å²) < 4.78 is 6.72. The zero-order chi connectivity index (χ0) is 33.6. The Hall–Kier alpha value is -6.18. The predicted molar refractivity (Wildman–Crippen MR) is 207 cm³/mol. The van der Waals surface area contributed by atoms with Gasteiger partial charge in [-0.1, -0.05) is 158 Å². The molecule has 0 fully saturated rings. The highest BCUT2D eigenvalue weighted by atomic mass is 16.5. The van der Waals surface area contributed by atoms with Gasteiger partial charge in [0.15, 0.2) is 0 Å². The molecule has 1 heteroatoms. The highest BCUT2D eigenvalue weighted by Crippen LogP contribution is 2.65. The average molecular weight is 651 g/mol. The zero-order valence-corrected chi connectivity index (χ0v) is 28.1. The van der Waals surface area contributed by atoms with E-state index in [1.54, 1.807) is 0 Å². The van der Waals surface area contributed by atoms with Crippen LogP contribution in [0.25, 0.3) is 27.8 Å². The molecule has 3 aliphatic carbocycles. The molecule has 1 atom stereocenters. The number of fused-ring (bicyclic) bond motifs is 12. The van der Waals surface area contributed by atoms with E-state index in [-0.39, 0.29) is 5.41 Å². The lowest BCUT2D eigenvalue weighted by Gasteiger charge is -2.41. The molecule has 240 valence electrons. The van der Waals surface area contributed by atoms with Crippen LogP contribution in [0.1, 0.15) is 57.3 Å². The summed E-state index contributed by atoms with van der Waals surface area (Å²) in [5.41, 5.74) is 17.4. The molecule has 11 rings (SSSR count). The normalized spacial score (nSPS) is 18.3. The van der Waals surface area contributed by atoms with E-state index in [1.165, 1.54) is 66.8 Å². The van der Waals surface area contributed by atoms with Crippen LogP contribution in [0, 0.1) is 0 Å². The summed E-state index contributed by atoms with van der Waals surface area (Å²) in [6.07, 6.45) is 7.16. The molecule has 51 heavy (non-hydrogen) atoms. The van der Waals surface area contributed by atoms with Crippen molar-refractivity contribution in [2.45, 2.75) is 23.7 Å². The largest absolute Gasteiger partial charge is 0.457 e. The summed E-state index contributed by atoms with van der Waals surface area (Å²) in [6.45, 7) is 0. The number of benzene rings is 7. The second kappa shape index (κ2) is 10.7. The van der Waals surface area contributed by atoms with E-state index in [1.807, 2.05) is 0 Å². The Labute approximate surface area is 298 Å². The van der Waals surface area contributed by atoms with Gasteiger partial charge in [-0.25, -0.2) is 0 Å². The first-order valence-corrected chi connectivity index (χ1v) is 18.1. The van der Waals surface area contributed by atoms with Gasteiger partial charge >= 0.3 is 0 Å². The summed E-state index contributed by atoms with van der Waals surface area (Å²) >= 11 is 0. The quantitative estimate of drug-likeness (QED) is 0.185. The minimum Gasteiger partial charge on any atom is -0.457 e. The lowest BCUT2D eigenvalue weighted by molar-refractivity contribution is 0.434. The predicted octanol–water partition coefficient (Wildman–Crippen LogP) is 12.3. The maximum Gasteiger partial charge on any atom is 0.132 e. The molecule has 1 spiro atoms. The first-order chi connectivity index (χ1) is 25.3. The molecule has 0 aromatic heterocycles. The summed E-state index contributed by atoms with van der Waals surface area (Å²) in [6, 6.07) is 62.6. The van der Waals surface area contributed by atoms with Crippen molar-refractivity contribution in [3.05, 3.63) is 232 Å². The van der Waals surface area contributed by atoms with Gasteiger partial charge in [0.2, 0.25) is 0 Å². The van der Waals surface area contributed by atoms with Gasteiger partial charge in [-0.3, -0.25) is 0 Å². The topological polar surface area (TPSA) is 9.23 Å². The van der Waals surface area contributed by atoms with E-state index >= 15 is 0 Å². The fourth-order valence-electron chi connectivity index (χ4n) is 9.91. The van der Waals surface area contributed by atoms with Gasteiger partial charge < -0.3 is 4.74 Å². The van der Waals surface area contributed by atoms with Crippen LogP contribution in [0.15, 0.2) is 188 Å². The van der Waals surface area contributed by atoms with Gasteiger partial charge in [-0.2, -0.15) is 0 Å². The van der Waals surface area contributed by atoms with Crippen LogP contribution in [0.5, 0.6) is 11.5 Å². The van der Waals surface area contributed by atoms with Crippen molar-refractivity contribution >= 4 is 5.57 Å². The SMILES string of the molecule is C1=C2C(=CCC1)C1(c3ccccc32)c2ccccc2-c2cc(-c3ccc4c(c3)C(c3ccccc3)(c3ccccc3)c3ccccc3O4)ccc21. The molecule has 0 saturated carbocycles. The molecule has 0 saturated heterocycles. The molecular weight excluding hydrogens is 617 g/mol. The molecule has 1 unspecified atom stereocenters. The third-order valence-electron chi connectivity index (χ3n) is 11.9. The minimum atomic E-state index is -0.556. The number of ether oxygens (including phenoxy) is 1. The minimum absolute atomic E-state index is 0.295. The van der Waals surface area contributed by atoms with Gasteiger partial charge in [-0.05, 0) is 104 Å². The maximum atomic E-state index is 6.72. The van der Waals surface area contributed by atoms with Gasteiger partial charge in [0.05, 0.1) is 10.8 Å². The Morgan fingerprint density at radius 2 is 0.922 bits per heavy atom. The van der Waals surface area contributed by atoms with Gasteiger partial charge in [-0.15, -0.1) is 0 Å². The van der Waals surface area contributed by atoms with Crippen molar-refractivity contribution in [1.29, 1.82) is 0 Å². The van der Waals surface area contributed by atoms with Crippen LogP contribution in [0.2, 0.25) is 0 Å². The smallest absolute Gasteiger partial charge is 0.132 e. The zero-order valence-electron chi connectivity index (χ0n) is 28.1. The number of hydrogen-bond acceptors (Lipinski definition) is 1. The Morgan fingerprint density at radius 1 is 0.373 bits per heavy atom. The van der Waals surface area contributed by atoms with Crippen molar-refractivity contribution in [2.24, 2.45) is 0 Å². The molecule has 1 nitrogen and oxygen atoms in total. The monoisotopic (exact) mass is 650 g/mol. The van der Waals surface area contributed by atoms with Gasteiger partial charge in [0.1, 0.15) is 11.5 Å². The number of allylic oxidation sites excluding steroid dienone is 4. The van der Waals surface area contributed by atoms with Crippen molar-refractivity contribution in [3.63, 3.8) is 0 Å². The lowest BCUT2D eigenvalue weighted by atomic mass is 9.63. The van der Waals surface area contributed by atoms with Gasteiger partial charge in [0.25, 0.3) is 0 Å². The Morgan fingerprint density at radius 3 is 1.69 bits per heavy atom. The summed E-state index contributed by atoms with van der Waals surface area (Å²) in [4.78, 5) is 0. The summed E-state index contributed by atoms with van der Waals surface area (Å²) in [5.74, 6) is 1.79. The fraction of sp³-hybridized carbons (Fsp3) is 0.0800. The number of rotatable bonds is 3. The van der Waals surface area contributed by atoms with Crippen molar-refractivity contribution < 1.29 is 4.74 Å². The highest BCUT2D eigenvalue weighted by molar-refractivity contribution is 6.00. The Kier molecular flexibility index (Phi) is 5.99. The second-order valence-corrected chi connectivity index (χ2v) is 14.2. The first kappa shape index (κ1) is 28.6. The molecule has 7 aromatic rings. The highest BCUT2D eigenvalue weighted by Gasteiger charge is 2.53. The molecule has 0 radical (unpaired) electrons. The molecule has 0 bridgehead atoms. The van der Waals surface area contributed by atoms with Crippen LogP contribution >= 0.6 is 0 Å². The molecule has 0 amide bonds. The van der Waals surface area contributed by atoms with Gasteiger partial charge in [0, 0.05) is 11.1 Å². The lowest BCUT2D eigenvalue weighted by Crippen LogP contribution is -2.34. The van der Waals surface area contributed by atoms with Crippen molar-refractivity contribution in [3.8, 4) is 33.8 Å². The summed E-state index contributed by atoms with van der Waals surface area (Å²) in [7, 11) is 0. The van der Waals surface area contributed by atoms with E-state index in [9.17, 15) is 0 Å². The second-order valence-electron chi connectivity index (χ2n) is 14.2. The Bertz CT molecular complexity index is 2570. The van der Waals surface area contributed by atoms with Crippen LogP contribution in [-0.2, 0) is 10.8 Å². The third kappa shape index (κ3) is 3.71. The number of hydrogen-bond donors (Lipinski definition) is 0. The standard InChI is InChI=1S/C50H34O/c1-3-15-35(16-4-1)49(36-17-5-2-6-18-36)45-25-13-14-26-47(45)51-48-30-28-34(32-46(48)49)33-27-29-44-40(31-33)39-21-9-12-24-43(39)50(44)41-22-10-7-19-37(41)38-20-8-11-23-42(38)50/h1-7,9-10,12-32H,8,11H2.